The Hall–Kier alpha value is -4.07. The van der Waals surface area contributed by atoms with E-state index in [0.29, 0.717) is 11.5 Å². The average molecular weight is 435 g/mol. The molecular weight excluding hydrogens is 410 g/mol. The molecule has 2 N–H and O–H groups in total. The van der Waals surface area contributed by atoms with E-state index in [1.165, 1.54) is 0 Å². The Kier molecular flexibility index (Phi) is 6.94. The van der Waals surface area contributed by atoms with Crippen LogP contribution in [-0.2, 0) is 4.79 Å². The lowest BCUT2D eigenvalue weighted by Crippen LogP contribution is -2.24. The number of carboxylic acids is 1. The van der Waals surface area contributed by atoms with Gasteiger partial charge in [-0.3, -0.25) is 4.79 Å². The van der Waals surface area contributed by atoms with Crippen molar-refractivity contribution in [2.45, 2.75) is 20.8 Å². The minimum absolute atomic E-state index is 0.169. The molecule has 0 aliphatic carbocycles. The van der Waals surface area contributed by atoms with Gasteiger partial charge in [-0.1, -0.05) is 0 Å². The number of carboxylic acid groups (broad SMARTS) is 1. The van der Waals surface area contributed by atoms with Gasteiger partial charge >= 0.3 is 5.97 Å². The Morgan fingerprint density at radius 1 is 1.06 bits per heavy atom. The molecule has 1 heterocycles. The molecule has 0 aliphatic rings. The number of aryl methyl sites for hydroxylation is 2. The van der Waals surface area contributed by atoms with E-state index in [1.807, 2.05) is 31.4 Å². The van der Waals surface area contributed by atoms with Crippen molar-refractivity contribution >= 4 is 18.1 Å². The SMILES string of the molecule is COc1ccc(OCC(=O)N/N=C\c2cc(C)n(-c3ccc(C(=O)O)cc3C)c2C)cc1. The number of benzene rings is 2. The summed E-state index contributed by atoms with van der Waals surface area (Å²) in [5, 5.41) is 13.2. The monoisotopic (exact) mass is 435 g/mol. The maximum Gasteiger partial charge on any atom is 0.335 e. The van der Waals surface area contributed by atoms with E-state index in [4.69, 9.17) is 9.47 Å². The predicted octanol–water partition coefficient (Wildman–Crippen LogP) is 3.64. The zero-order valence-electron chi connectivity index (χ0n) is 18.4. The molecular formula is C24H25N3O5. The molecule has 1 aromatic heterocycles. The first-order valence-electron chi connectivity index (χ1n) is 9.92. The standard InChI is InChI=1S/C24H25N3O5/c1-15-11-18(24(29)30)5-10-22(15)27-16(2)12-19(17(27)3)13-25-26-23(28)14-32-21-8-6-20(31-4)7-9-21/h5-13H,14H2,1-4H3,(H,26,28)(H,29,30)/b25-13-. The summed E-state index contributed by atoms with van der Waals surface area (Å²) < 4.78 is 12.5. The molecule has 0 radical (unpaired) electrons. The summed E-state index contributed by atoms with van der Waals surface area (Å²) in [7, 11) is 1.58. The van der Waals surface area contributed by atoms with E-state index in [-0.39, 0.29) is 18.1 Å². The second kappa shape index (κ2) is 9.82. The Morgan fingerprint density at radius 3 is 2.38 bits per heavy atom. The van der Waals surface area contributed by atoms with Gasteiger partial charge in [0.2, 0.25) is 0 Å². The average Bonchev–Trinajstić information content (AvgIpc) is 3.05. The lowest BCUT2D eigenvalue weighted by atomic mass is 10.1. The molecule has 3 rings (SSSR count). The molecule has 8 heteroatoms. The third kappa shape index (κ3) is 5.15. The van der Waals surface area contributed by atoms with E-state index in [9.17, 15) is 14.7 Å². The van der Waals surface area contributed by atoms with E-state index < -0.39 is 5.97 Å². The molecule has 8 nitrogen and oxygen atoms in total. The van der Waals surface area contributed by atoms with Gasteiger partial charge in [0.25, 0.3) is 5.91 Å². The molecule has 0 fully saturated rings. The van der Waals surface area contributed by atoms with Gasteiger partial charge in [-0.15, -0.1) is 0 Å². The van der Waals surface area contributed by atoms with Gasteiger partial charge in [0.05, 0.1) is 18.9 Å². The highest BCUT2D eigenvalue weighted by molar-refractivity contribution is 5.88. The Labute approximate surface area is 186 Å². The lowest BCUT2D eigenvalue weighted by molar-refractivity contribution is -0.123. The zero-order valence-corrected chi connectivity index (χ0v) is 18.4. The summed E-state index contributed by atoms with van der Waals surface area (Å²) in [6.45, 7) is 5.60. The zero-order chi connectivity index (χ0) is 23.3. The normalized spacial score (nSPS) is 10.9. The van der Waals surface area contributed by atoms with Crippen LogP contribution >= 0.6 is 0 Å². The third-order valence-electron chi connectivity index (χ3n) is 4.98. The number of amides is 1. The molecule has 2 aromatic carbocycles. The summed E-state index contributed by atoms with van der Waals surface area (Å²) in [5.74, 6) is -0.0825. The van der Waals surface area contributed by atoms with E-state index in [2.05, 4.69) is 10.5 Å². The highest BCUT2D eigenvalue weighted by Crippen LogP contribution is 2.23. The molecule has 0 aliphatic heterocycles. The van der Waals surface area contributed by atoms with Crippen molar-refractivity contribution in [3.63, 3.8) is 0 Å². The maximum absolute atomic E-state index is 12.0. The van der Waals surface area contributed by atoms with Crippen molar-refractivity contribution in [2.75, 3.05) is 13.7 Å². The van der Waals surface area contributed by atoms with Crippen LogP contribution in [0.3, 0.4) is 0 Å². The fraction of sp³-hybridized carbons (Fsp3) is 0.208. The van der Waals surface area contributed by atoms with Crippen LogP contribution in [0.1, 0.15) is 32.9 Å². The fourth-order valence-electron chi connectivity index (χ4n) is 3.36. The van der Waals surface area contributed by atoms with Crippen LogP contribution in [0.4, 0.5) is 0 Å². The Bertz CT molecular complexity index is 1160. The minimum atomic E-state index is -0.958. The topological polar surface area (TPSA) is 102 Å². The van der Waals surface area contributed by atoms with Crippen molar-refractivity contribution < 1.29 is 24.2 Å². The second-order valence-corrected chi connectivity index (χ2v) is 7.23. The summed E-state index contributed by atoms with van der Waals surface area (Å²) >= 11 is 0. The number of rotatable bonds is 8. The fourth-order valence-corrected chi connectivity index (χ4v) is 3.36. The van der Waals surface area contributed by atoms with Gasteiger partial charge in [0, 0.05) is 22.6 Å². The molecule has 0 bridgehead atoms. The second-order valence-electron chi connectivity index (χ2n) is 7.23. The van der Waals surface area contributed by atoms with Gasteiger partial charge in [0.15, 0.2) is 6.61 Å². The smallest absolute Gasteiger partial charge is 0.335 e. The number of aromatic nitrogens is 1. The minimum Gasteiger partial charge on any atom is -0.497 e. The molecule has 32 heavy (non-hydrogen) atoms. The summed E-state index contributed by atoms with van der Waals surface area (Å²) in [4.78, 5) is 23.2. The number of nitrogens with zero attached hydrogens (tertiary/aromatic N) is 2. The largest absolute Gasteiger partial charge is 0.497 e. The molecule has 3 aromatic rings. The first-order chi connectivity index (χ1) is 15.3. The van der Waals surface area contributed by atoms with Crippen molar-refractivity contribution in [3.05, 3.63) is 76.6 Å². The molecule has 0 unspecified atom stereocenters. The number of methoxy groups -OCH3 is 1. The number of nitrogens with one attached hydrogen (secondary N) is 1. The predicted molar refractivity (Wildman–Crippen MR) is 121 cm³/mol. The number of hydrogen-bond donors (Lipinski definition) is 2. The Morgan fingerprint density at radius 2 is 1.75 bits per heavy atom. The van der Waals surface area contributed by atoms with Crippen LogP contribution in [-0.4, -0.2) is 41.5 Å². The summed E-state index contributed by atoms with van der Waals surface area (Å²) in [5.41, 5.74) is 7.15. The number of aromatic carboxylic acids is 1. The molecule has 0 saturated heterocycles. The molecule has 0 saturated carbocycles. The van der Waals surface area contributed by atoms with Gasteiger partial charge in [-0.2, -0.15) is 5.10 Å². The van der Waals surface area contributed by atoms with Gasteiger partial charge in [-0.05, 0) is 74.9 Å². The molecule has 166 valence electrons. The van der Waals surface area contributed by atoms with E-state index in [1.54, 1.807) is 55.8 Å². The maximum atomic E-state index is 12.0. The number of hydrogen-bond acceptors (Lipinski definition) is 5. The first kappa shape index (κ1) is 22.6. The van der Waals surface area contributed by atoms with Crippen LogP contribution in [0.5, 0.6) is 11.5 Å². The number of carbonyl (C=O) groups excluding carboxylic acids is 1. The van der Waals surface area contributed by atoms with Crippen molar-refractivity contribution in [3.8, 4) is 17.2 Å². The highest BCUT2D eigenvalue weighted by atomic mass is 16.5. The molecule has 1 amide bonds. The lowest BCUT2D eigenvalue weighted by Gasteiger charge is -2.13. The number of carbonyl (C=O) groups is 2. The first-order valence-corrected chi connectivity index (χ1v) is 9.92. The Balaban J connectivity index is 1.65. The third-order valence-corrected chi connectivity index (χ3v) is 4.98. The summed E-state index contributed by atoms with van der Waals surface area (Å²) in [6.07, 6.45) is 1.57. The van der Waals surface area contributed by atoms with Gasteiger partial charge in [-0.25, -0.2) is 10.2 Å². The van der Waals surface area contributed by atoms with Crippen LogP contribution in [0.25, 0.3) is 5.69 Å². The van der Waals surface area contributed by atoms with Crippen molar-refractivity contribution in [2.24, 2.45) is 5.10 Å². The van der Waals surface area contributed by atoms with Crippen molar-refractivity contribution in [1.82, 2.24) is 9.99 Å². The van der Waals surface area contributed by atoms with E-state index >= 15 is 0 Å². The molecule has 0 atom stereocenters. The quantitative estimate of drug-likeness (QED) is 0.415. The highest BCUT2D eigenvalue weighted by Gasteiger charge is 2.13. The van der Waals surface area contributed by atoms with Crippen LogP contribution in [0, 0.1) is 20.8 Å². The van der Waals surface area contributed by atoms with Crippen LogP contribution < -0.4 is 14.9 Å². The number of ether oxygens (including phenoxy) is 2. The van der Waals surface area contributed by atoms with Crippen molar-refractivity contribution in [1.29, 1.82) is 0 Å². The number of hydrazone groups is 1. The molecule has 0 spiro atoms. The van der Waals surface area contributed by atoms with Gasteiger partial charge in [0.1, 0.15) is 11.5 Å². The van der Waals surface area contributed by atoms with Crippen LogP contribution in [0.15, 0.2) is 53.6 Å². The van der Waals surface area contributed by atoms with E-state index in [0.717, 1.165) is 28.2 Å². The summed E-state index contributed by atoms with van der Waals surface area (Å²) in [6, 6.07) is 13.9. The van der Waals surface area contributed by atoms with Gasteiger partial charge < -0.3 is 19.1 Å². The van der Waals surface area contributed by atoms with Crippen LogP contribution in [0.2, 0.25) is 0 Å².